The Morgan fingerprint density at radius 3 is 2.40 bits per heavy atom. The number of benzene rings is 3. The minimum atomic E-state index is -5.10. The van der Waals surface area contributed by atoms with Gasteiger partial charge in [-0.15, -0.1) is 13.2 Å². The number of sulfonamides is 1. The number of fused-ring (bicyclic) bond motifs is 1. The molecule has 0 aliphatic rings. The smallest absolute Gasteiger partial charge is 0.497 e. The lowest BCUT2D eigenvalue weighted by Crippen LogP contribution is -2.20. The molecule has 35 heavy (non-hydrogen) atoms. The van der Waals surface area contributed by atoms with Crippen molar-refractivity contribution in [2.24, 2.45) is 0 Å². The predicted molar refractivity (Wildman–Crippen MR) is 119 cm³/mol. The number of aromatic nitrogens is 1. The number of alkyl halides is 3. The maximum absolute atomic E-state index is 14.8. The Bertz CT molecular complexity index is 1490. The third-order valence-corrected chi connectivity index (χ3v) is 6.10. The van der Waals surface area contributed by atoms with Crippen molar-refractivity contribution in [3.8, 4) is 23.0 Å². The summed E-state index contributed by atoms with van der Waals surface area (Å²) in [5.41, 5.74) is 0.339. The molecule has 0 aliphatic carbocycles. The van der Waals surface area contributed by atoms with Crippen molar-refractivity contribution in [1.82, 2.24) is 4.98 Å². The molecule has 0 atom stereocenters. The van der Waals surface area contributed by atoms with Crippen LogP contribution < -0.4 is 18.9 Å². The third kappa shape index (κ3) is 5.54. The number of halogens is 4. The van der Waals surface area contributed by atoms with E-state index in [2.05, 4.69) is 9.72 Å². The first-order valence-electron chi connectivity index (χ1n) is 9.83. The van der Waals surface area contributed by atoms with Crippen LogP contribution >= 0.6 is 0 Å². The van der Waals surface area contributed by atoms with Gasteiger partial charge in [-0.2, -0.15) is 0 Å². The van der Waals surface area contributed by atoms with Gasteiger partial charge in [0.1, 0.15) is 22.1 Å². The summed E-state index contributed by atoms with van der Waals surface area (Å²) in [6.45, 7) is 0. The Morgan fingerprint density at radius 2 is 1.69 bits per heavy atom. The molecule has 7 nitrogen and oxygen atoms in total. The fraction of sp³-hybridized carbons (Fsp3) is 0.0870. The molecule has 4 rings (SSSR count). The molecule has 0 aliphatic heterocycles. The van der Waals surface area contributed by atoms with Crippen LogP contribution in [0.4, 0.5) is 23.2 Å². The summed E-state index contributed by atoms with van der Waals surface area (Å²) in [7, 11) is -3.05. The van der Waals surface area contributed by atoms with Gasteiger partial charge in [0.05, 0.1) is 18.3 Å². The van der Waals surface area contributed by atoms with Crippen molar-refractivity contribution < 1.29 is 40.2 Å². The van der Waals surface area contributed by atoms with Gasteiger partial charge in [0.15, 0.2) is 11.6 Å². The highest BCUT2D eigenvalue weighted by molar-refractivity contribution is 7.92. The zero-order valence-corrected chi connectivity index (χ0v) is 18.7. The van der Waals surface area contributed by atoms with Crippen molar-refractivity contribution in [1.29, 1.82) is 0 Å². The number of para-hydroxylation sites is 1. The monoisotopic (exact) mass is 508 g/mol. The Labute approximate surface area is 196 Å². The Morgan fingerprint density at radius 1 is 0.914 bits per heavy atom. The molecular weight excluding hydrogens is 492 g/mol. The number of pyridine rings is 1. The van der Waals surface area contributed by atoms with E-state index in [1.54, 1.807) is 18.2 Å². The van der Waals surface area contributed by atoms with E-state index in [0.717, 1.165) is 18.2 Å². The highest BCUT2D eigenvalue weighted by Gasteiger charge is 2.34. The van der Waals surface area contributed by atoms with Crippen molar-refractivity contribution in [3.63, 3.8) is 0 Å². The molecule has 0 spiro atoms. The average molecular weight is 508 g/mol. The standard InChI is InChI=1S/C23H16F4N2O5S/c1-32-15-7-8-18-16(13-15)19(10-11-28-18)33-20-9-6-14(12-17(20)24)29-35(30,31)22-5-3-2-4-21(22)34-23(25,26)27/h2-13,29H,1H3. The van der Waals surface area contributed by atoms with Crippen molar-refractivity contribution in [3.05, 3.63) is 78.7 Å². The molecule has 0 fully saturated rings. The molecule has 0 bridgehead atoms. The highest BCUT2D eigenvalue weighted by Crippen LogP contribution is 2.34. The number of rotatable bonds is 7. The first-order chi connectivity index (χ1) is 16.6. The SMILES string of the molecule is COc1ccc2nccc(Oc3ccc(NS(=O)(=O)c4ccccc4OC(F)(F)F)cc3F)c2c1. The molecule has 0 saturated heterocycles. The van der Waals surface area contributed by atoms with Gasteiger partial charge < -0.3 is 14.2 Å². The Kier molecular flexibility index (Phi) is 6.39. The molecule has 12 heteroatoms. The quantitative estimate of drug-likeness (QED) is 0.314. The van der Waals surface area contributed by atoms with Gasteiger partial charge in [-0.3, -0.25) is 9.71 Å². The maximum Gasteiger partial charge on any atom is 0.573 e. The number of methoxy groups -OCH3 is 1. The van der Waals surface area contributed by atoms with Crippen molar-refractivity contribution in [2.75, 3.05) is 11.8 Å². The van der Waals surface area contributed by atoms with E-state index in [-0.39, 0.29) is 17.2 Å². The van der Waals surface area contributed by atoms with Crippen LogP contribution in [0.25, 0.3) is 10.9 Å². The summed E-state index contributed by atoms with van der Waals surface area (Å²) in [4.78, 5) is 3.44. The van der Waals surface area contributed by atoms with E-state index in [1.165, 1.54) is 43.6 Å². The number of nitrogens with one attached hydrogen (secondary N) is 1. The van der Waals surface area contributed by atoms with E-state index in [1.807, 2.05) is 4.72 Å². The van der Waals surface area contributed by atoms with E-state index >= 15 is 0 Å². The normalized spacial score (nSPS) is 11.8. The van der Waals surface area contributed by atoms with Gasteiger partial charge in [0.2, 0.25) is 0 Å². The zero-order valence-electron chi connectivity index (χ0n) is 17.8. The molecule has 4 aromatic rings. The fourth-order valence-electron chi connectivity index (χ4n) is 3.17. The second kappa shape index (κ2) is 9.29. The fourth-order valence-corrected chi connectivity index (χ4v) is 4.35. The molecule has 1 N–H and O–H groups in total. The predicted octanol–water partition coefficient (Wildman–Crippen LogP) is 5.87. The van der Waals surface area contributed by atoms with Crippen LogP contribution in [0.2, 0.25) is 0 Å². The Hall–Kier alpha value is -4.06. The average Bonchev–Trinajstić information content (AvgIpc) is 2.79. The lowest BCUT2D eigenvalue weighted by atomic mass is 10.2. The van der Waals surface area contributed by atoms with Gasteiger partial charge in [-0.05, 0) is 48.5 Å². The van der Waals surface area contributed by atoms with Gasteiger partial charge in [-0.1, -0.05) is 12.1 Å². The highest BCUT2D eigenvalue weighted by atomic mass is 32.2. The summed E-state index contributed by atoms with van der Waals surface area (Å²) in [6, 6.07) is 14.0. The molecule has 0 unspecified atom stereocenters. The second-order valence-electron chi connectivity index (χ2n) is 7.04. The van der Waals surface area contributed by atoms with Crippen LogP contribution in [0, 0.1) is 5.82 Å². The number of hydrogen-bond donors (Lipinski definition) is 1. The lowest BCUT2D eigenvalue weighted by molar-refractivity contribution is -0.275. The second-order valence-corrected chi connectivity index (χ2v) is 8.69. The molecule has 3 aromatic carbocycles. The van der Waals surface area contributed by atoms with E-state index in [0.29, 0.717) is 16.7 Å². The molecule has 0 radical (unpaired) electrons. The summed E-state index contributed by atoms with van der Waals surface area (Å²) in [5.74, 6) is -1.25. The Balaban J connectivity index is 1.60. The van der Waals surface area contributed by atoms with Crippen molar-refractivity contribution in [2.45, 2.75) is 11.3 Å². The lowest BCUT2D eigenvalue weighted by Gasteiger charge is -2.15. The molecule has 0 amide bonds. The van der Waals surface area contributed by atoms with Crippen LogP contribution in [0.5, 0.6) is 23.0 Å². The minimum Gasteiger partial charge on any atom is -0.497 e. The first kappa shape index (κ1) is 24.1. The third-order valence-electron chi connectivity index (χ3n) is 4.68. The zero-order chi connectivity index (χ0) is 25.2. The number of ether oxygens (including phenoxy) is 3. The number of nitrogens with zero attached hydrogens (tertiary/aromatic N) is 1. The van der Waals surface area contributed by atoms with E-state index in [9.17, 15) is 26.0 Å². The summed E-state index contributed by atoms with van der Waals surface area (Å²) in [6.07, 6.45) is -3.62. The topological polar surface area (TPSA) is 86.8 Å². The van der Waals surface area contributed by atoms with Crippen LogP contribution in [0.1, 0.15) is 0 Å². The number of hydrogen-bond acceptors (Lipinski definition) is 6. The van der Waals surface area contributed by atoms with Crippen LogP contribution in [0.15, 0.2) is 77.8 Å². The van der Waals surface area contributed by atoms with Crippen molar-refractivity contribution >= 4 is 26.6 Å². The van der Waals surface area contributed by atoms with Gasteiger partial charge in [0, 0.05) is 17.6 Å². The summed E-state index contributed by atoms with van der Waals surface area (Å²) < 4.78 is 94.7. The molecule has 1 heterocycles. The molecule has 182 valence electrons. The van der Waals surface area contributed by atoms with Gasteiger partial charge in [0.25, 0.3) is 10.0 Å². The summed E-state index contributed by atoms with van der Waals surface area (Å²) in [5, 5.41) is 0.553. The first-order valence-corrected chi connectivity index (χ1v) is 11.3. The van der Waals surface area contributed by atoms with Gasteiger partial charge in [-0.25, -0.2) is 12.8 Å². The summed E-state index contributed by atoms with van der Waals surface area (Å²) >= 11 is 0. The molecule has 1 aromatic heterocycles. The minimum absolute atomic E-state index is 0.218. The van der Waals surface area contributed by atoms with E-state index in [4.69, 9.17) is 9.47 Å². The van der Waals surface area contributed by atoms with Crippen LogP contribution in [-0.2, 0) is 10.0 Å². The molecular formula is C23H16F4N2O5S. The van der Waals surface area contributed by atoms with Crippen LogP contribution in [-0.4, -0.2) is 26.9 Å². The van der Waals surface area contributed by atoms with Gasteiger partial charge >= 0.3 is 6.36 Å². The van der Waals surface area contributed by atoms with Crippen LogP contribution in [0.3, 0.4) is 0 Å². The number of anilines is 1. The maximum atomic E-state index is 14.8. The molecule has 0 saturated carbocycles. The largest absolute Gasteiger partial charge is 0.573 e. The van der Waals surface area contributed by atoms with E-state index < -0.39 is 32.8 Å².